The third kappa shape index (κ3) is 8.23. The fourth-order valence-corrected chi connectivity index (χ4v) is 6.01. The van der Waals surface area contributed by atoms with Crippen LogP contribution < -0.4 is 10.2 Å². The largest absolute Gasteiger partial charge is 0.465 e. The van der Waals surface area contributed by atoms with Gasteiger partial charge in [-0.2, -0.15) is 9.97 Å². The Bertz CT molecular complexity index is 1420. The van der Waals surface area contributed by atoms with Crippen LogP contribution in [0.15, 0.2) is 30.3 Å². The number of imidazole rings is 1. The second-order valence-electron chi connectivity index (χ2n) is 11.2. The van der Waals surface area contributed by atoms with Crippen LogP contribution in [0, 0.1) is 5.92 Å². The molecule has 0 atom stereocenters. The smallest absolute Gasteiger partial charge is 0.320 e. The maximum Gasteiger partial charge on any atom is 0.320 e. The SMILES string of the molecule is CCOC(=O)CN(CC(=O)OCC)[C@H]1CC[C@H](CNc2nc(N3CCOCC3)cc(-n3c(C(F)F)nc4ccccc43)n2)CC1. The summed E-state index contributed by atoms with van der Waals surface area (Å²) < 4.78 is 45.5. The van der Waals surface area contributed by atoms with Crippen molar-refractivity contribution in [3.63, 3.8) is 0 Å². The van der Waals surface area contributed by atoms with Gasteiger partial charge >= 0.3 is 11.9 Å². The summed E-state index contributed by atoms with van der Waals surface area (Å²) in [5.41, 5.74) is 1.00. The van der Waals surface area contributed by atoms with Crippen LogP contribution in [-0.4, -0.2) is 102 Å². The number of rotatable bonds is 13. The lowest BCUT2D eigenvalue weighted by Crippen LogP contribution is -2.45. The van der Waals surface area contributed by atoms with Gasteiger partial charge in [-0.3, -0.25) is 19.1 Å². The van der Waals surface area contributed by atoms with Crippen molar-refractivity contribution in [1.29, 1.82) is 0 Å². The lowest BCUT2D eigenvalue weighted by molar-refractivity contribution is -0.149. The molecule has 1 saturated heterocycles. The fourth-order valence-electron chi connectivity index (χ4n) is 6.01. The van der Waals surface area contributed by atoms with E-state index in [-0.39, 0.29) is 56.0 Å². The van der Waals surface area contributed by atoms with Crippen LogP contribution in [0.4, 0.5) is 20.5 Å². The van der Waals surface area contributed by atoms with E-state index >= 15 is 0 Å². The molecule has 1 aromatic carbocycles. The topological polar surface area (TPSA) is 124 Å². The Kier molecular flexibility index (Phi) is 11.1. The van der Waals surface area contributed by atoms with Gasteiger partial charge in [0.05, 0.1) is 50.6 Å². The van der Waals surface area contributed by atoms with Gasteiger partial charge in [0.1, 0.15) is 11.6 Å². The summed E-state index contributed by atoms with van der Waals surface area (Å²) in [6, 6.07) is 8.79. The van der Waals surface area contributed by atoms with E-state index in [1.807, 2.05) is 4.90 Å². The molecule has 0 unspecified atom stereocenters. The van der Waals surface area contributed by atoms with Gasteiger partial charge in [0, 0.05) is 31.7 Å². The first-order chi connectivity index (χ1) is 21.9. The van der Waals surface area contributed by atoms with Gasteiger partial charge in [-0.15, -0.1) is 0 Å². The molecule has 2 aliphatic rings. The summed E-state index contributed by atoms with van der Waals surface area (Å²) in [7, 11) is 0. The summed E-state index contributed by atoms with van der Waals surface area (Å²) in [5, 5.41) is 3.37. The van der Waals surface area contributed by atoms with Crippen LogP contribution in [-0.2, 0) is 23.8 Å². The number of carbonyl (C=O) groups excluding carboxylic acids is 2. The molecule has 244 valence electrons. The van der Waals surface area contributed by atoms with Gasteiger partial charge in [-0.1, -0.05) is 12.1 Å². The van der Waals surface area contributed by atoms with Crippen LogP contribution in [0.2, 0.25) is 0 Å². The summed E-state index contributed by atoms with van der Waals surface area (Å²) >= 11 is 0. The Morgan fingerprint density at radius 1 is 0.978 bits per heavy atom. The number of esters is 2. The number of nitrogens with one attached hydrogen (secondary N) is 1. The van der Waals surface area contributed by atoms with E-state index < -0.39 is 6.43 Å². The first-order valence-electron chi connectivity index (χ1n) is 15.6. The highest BCUT2D eigenvalue weighted by Crippen LogP contribution is 2.31. The molecule has 3 aromatic rings. The average molecular weight is 630 g/mol. The summed E-state index contributed by atoms with van der Waals surface area (Å²) in [6.07, 6.45) is 0.515. The molecule has 0 bridgehead atoms. The van der Waals surface area contributed by atoms with E-state index in [9.17, 15) is 18.4 Å². The highest BCUT2D eigenvalue weighted by atomic mass is 19.3. The third-order valence-corrected chi connectivity index (χ3v) is 8.20. The highest BCUT2D eigenvalue weighted by molar-refractivity contribution is 5.78. The average Bonchev–Trinajstić information content (AvgIpc) is 3.45. The van der Waals surface area contributed by atoms with Crippen LogP contribution in [0.1, 0.15) is 51.8 Å². The van der Waals surface area contributed by atoms with Gasteiger partial charge in [0.15, 0.2) is 5.82 Å². The number of halogens is 2. The number of carbonyl (C=O) groups is 2. The zero-order valence-corrected chi connectivity index (χ0v) is 25.8. The number of morpholine rings is 1. The van der Waals surface area contributed by atoms with Crippen molar-refractivity contribution in [2.75, 3.05) is 69.4 Å². The van der Waals surface area contributed by atoms with Crippen LogP contribution in [0.3, 0.4) is 0 Å². The molecule has 1 aliphatic carbocycles. The van der Waals surface area contributed by atoms with Crippen LogP contribution >= 0.6 is 0 Å². The van der Waals surface area contributed by atoms with E-state index in [1.165, 1.54) is 4.57 Å². The second-order valence-corrected chi connectivity index (χ2v) is 11.2. The van der Waals surface area contributed by atoms with Gasteiger partial charge in [-0.05, 0) is 57.6 Å². The molecule has 1 aliphatic heterocycles. The first kappa shape index (κ1) is 32.5. The molecule has 3 heterocycles. The molecule has 5 rings (SSSR count). The zero-order valence-electron chi connectivity index (χ0n) is 25.8. The van der Waals surface area contributed by atoms with Crippen molar-refractivity contribution >= 4 is 34.7 Å². The van der Waals surface area contributed by atoms with E-state index in [0.29, 0.717) is 61.5 Å². The quantitative estimate of drug-likeness (QED) is 0.276. The first-order valence-corrected chi connectivity index (χ1v) is 15.6. The van der Waals surface area contributed by atoms with Crippen molar-refractivity contribution in [2.24, 2.45) is 5.92 Å². The number of para-hydroxylation sites is 2. The fraction of sp³-hybridized carbons (Fsp3) is 0.581. The number of fused-ring (bicyclic) bond motifs is 1. The molecule has 14 heteroatoms. The minimum absolute atomic E-state index is 0.0364. The number of anilines is 2. The van der Waals surface area contributed by atoms with Gasteiger partial charge < -0.3 is 24.4 Å². The molecule has 12 nitrogen and oxygen atoms in total. The number of alkyl halides is 2. The number of ether oxygens (including phenoxy) is 3. The Morgan fingerprint density at radius 3 is 2.27 bits per heavy atom. The molecule has 2 aromatic heterocycles. The molecule has 1 saturated carbocycles. The number of hydrogen-bond acceptors (Lipinski definition) is 11. The zero-order chi connectivity index (χ0) is 31.8. The molecule has 45 heavy (non-hydrogen) atoms. The Labute approximate surface area is 261 Å². The molecule has 0 amide bonds. The van der Waals surface area contributed by atoms with Crippen LogP contribution in [0.5, 0.6) is 0 Å². The number of hydrogen-bond donors (Lipinski definition) is 1. The van der Waals surface area contributed by atoms with Crippen molar-refractivity contribution in [3.05, 3.63) is 36.2 Å². The molecular weight excluding hydrogens is 588 g/mol. The maximum absolute atomic E-state index is 14.2. The maximum atomic E-state index is 14.2. The molecule has 2 fully saturated rings. The van der Waals surface area contributed by atoms with Gasteiger partial charge in [0.25, 0.3) is 6.43 Å². The minimum Gasteiger partial charge on any atom is -0.465 e. The highest BCUT2D eigenvalue weighted by Gasteiger charge is 2.30. The van der Waals surface area contributed by atoms with E-state index in [2.05, 4.69) is 15.2 Å². The van der Waals surface area contributed by atoms with Crippen molar-refractivity contribution in [2.45, 2.75) is 52.0 Å². The summed E-state index contributed by atoms with van der Waals surface area (Å²) in [6.45, 7) is 7.07. The van der Waals surface area contributed by atoms with Gasteiger partial charge in [0.2, 0.25) is 5.95 Å². The standard InChI is InChI=1S/C31H41F2N7O5/c1-3-44-27(41)19-39(20-28(42)45-4-2)22-11-9-21(10-12-22)18-34-31-36-25(38-13-15-43-16-14-38)17-26(37-31)40-24-8-6-5-7-23(24)35-30(40)29(32)33/h5-8,17,21-22,29H,3-4,9-16,18-20H2,1-2H3,(H,34,36,37)/t21-,22-. The summed E-state index contributed by atoms with van der Waals surface area (Å²) in [4.78, 5) is 42.1. The monoisotopic (exact) mass is 629 g/mol. The predicted octanol–water partition coefficient (Wildman–Crippen LogP) is 3.99. The lowest BCUT2D eigenvalue weighted by atomic mass is 9.85. The van der Waals surface area contributed by atoms with E-state index in [4.69, 9.17) is 24.2 Å². The number of nitrogens with zero attached hydrogens (tertiary/aromatic N) is 6. The number of aromatic nitrogens is 4. The molecule has 0 spiro atoms. The van der Waals surface area contributed by atoms with Crippen molar-refractivity contribution < 1.29 is 32.6 Å². The third-order valence-electron chi connectivity index (χ3n) is 8.20. The summed E-state index contributed by atoms with van der Waals surface area (Å²) in [5.74, 6) is 0.482. The van der Waals surface area contributed by atoms with Gasteiger partial charge in [-0.25, -0.2) is 13.8 Å². The predicted molar refractivity (Wildman–Crippen MR) is 164 cm³/mol. The van der Waals surface area contributed by atoms with Crippen LogP contribution in [0.25, 0.3) is 16.9 Å². The Hall–Kier alpha value is -3.91. The number of benzene rings is 1. The Morgan fingerprint density at radius 2 is 1.62 bits per heavy atom. The Balaban J connectivity index is 1.31. The molecule has 1 N–H and O–H groups in total. The second kappa shape index (κ2) is 15.4. The molecular formula is C31H41F2N7O5. The molecule has 0 radical (unpaired) electrons. The van der Waals surface area contributed by atoms with E-state index in [0.717, 1.165) is 25.7 Å². The minimum atomic E-state index is -2.79. The van der Waals surface area contributed by atoms with Crippen molar-refractivity contribution in [1.82, 2.24) is 24.4 Å². The van der Waals surface area contributed by atoms with Crippen molar-refractivity contribution in [3.8, 4) is 5.82 Å². The normalized spacial score (nSPS) is 18.8. The van der Waals surface area contributed by atoms with E-state index in [1.54, 1.807) is 44.2 Å². The lowest BCUT2D eigenvalue weighted by Gasteiger charge is -2.36.